The van der Waals surface area contributed by atoms with Crippen LogP contribution in [0.25, 0.3) is 0 Å². The summed E-state index contributed by atoms with van der Waals surface area (Å²) in [5, 5.41) is 0. The molecule has 0 saturated carbocycles. The highest BCUT2D eigenvalue weighted by molar-refractivity contribution is 5.98. The molecule has 0 radical (unpaired) electrons. The third kappa shape index (κ3) is 4.71. The predicted molar refractivity (Wildman–Crippen MR) is 83.7 cm³/mol. The summed E-state index contributed by atoms with van der Waals surface area (Å²) >= 11 is 0. The van der Waals surface area contributed by atoms with Crippen molar-refractivity contribution in [2.75, 3.05) is 20.8 Å². The van der Waals surface area contributed by atoms with E-state index in [2.05, 4.69) is 11.8 Å². The van der Waals surface area contributed by atoms with Crippen molar-refractivity contribution in [1.29, 1.82) is 0 Å². The van der Waals surface area contributed by atoms with Crippen molar-refractivity contribution in [2.24, 2.45) is 0 Å². The fourth-order valence-electron chi connectivity index (χ4n) is 1.75. The van der Waals surface area contributed by atoms with Gasteiger partial charge in [0.15, 0.2) is 0 Å². The zero-order chi connectivity index (χ0) is 15.5. The number of carbonyl (C=O) groups excluding carboxylic acids is 1. The van der Waals surface area contributed by atoms with Gasteiger partial charge in [-0.2, -0.15) is 0 Å². The van der Waals surface area contributed by atoms with Crippen LogP contribution in [0.1, 0.15) is 49.2 Å². The Bertz CT molecular complexity index is 483. The maximum absolute atomic E-state index is 11.6. The lowest BCUT2D eigenvalue weighted by molar-refractivity contribution is 0.0816. The van der Waals surface area contributed by atoms with Crippen LogP contribution >= 0.6 is 0 Å². The molecule has 0 saturated heterocycles. The highest BCUT2D eigenvalue weighted by Crippen LogP contribution is 2.22. The number of ether oxygens (including phenoxy) is 1. The van der Waals surface area contributed by atoms with Gasteiger partial charge in [-0.3, -0.25) is 4.79 Å². The molecule has 1 heterocycles. The zero-order valence-electron chi connectivity index (χ0n) is 13.4. The highest BCUT2D eigenvalue weighted by Gasteiger charge is 2.23. The summed E-state index contributed by atoms with van der Waals surface area (Å²) in [4.78, 5) is 13.3. The summed E-state index contributed by atoms with van der Waals surface area (Å²) in [5.41, 5.74) is 2.77. The number of methoxy groups -OCH3 is 1. The summed E-state index contributed by atoms with van der Waals surface area (Å²) in [6, 6.07) is 5.69. The van der Waals surface area contributed by atoms with E-state index in [-0.39, 0.29) is 5.91 Å². The third-order valence-electron chi connectivity index (χ3n) is 2.54. The number of amides is 1. The average molecular weight is 275 g/mol. The normalized spacial score (nSPS) is 11.3. The monoisotopic (exact) mass is 275 g/mol. The minimum absolute atomic E-state index is 0.0893. The number of fused-ring (bicyclic) bond motifs is 1. The third-order valence-corrected chi connectivity index (χ3v) is 2.54. The van der Waals surface area contributed by atoms with Crippen LogP contribution < -0.4 is 0 Å². The van der Waals surface area contributed by atoms with Crippen molar-refractivity contribution in [3.63, 3.8) is 0 Å². The van der Waals surface area contributed by atoms with E-state index in [0.29, 0.717) is 13.2 Å². The van der Waals surface area contributed by atoms with Crippen LogP contribution in [0.2, 0.25) is 0 Å². The molecule has 110 valence electrons. The molecule has 0 fully saturated rings. The summed E-state index contributed by atoms with van der Waals surface area (Å²) in [5.74, 6) is 5.98. The van der Waals surface area contributed by atoms with E-state index < -0.39 is 0 Å². The molecule has 3 heteroatoms. The van der Waals surface area contributed by atoms with Gasteiger partial charge in [0.1, 0.15) is 6.61 Å². The van der Waals surface area contributed by atoms with Crippen molar-refractivity contribution >= 4 is 5.91 Å². The van der Waals surface area contributed by atoms with Crippen molar-refractivity contribution in [1.82, 2.24) is 4.90 Å². The van der Waals surface area contributed by atoms with Crippen LogP contribution in [0.4, 0.5) is 0 Å². The van der Waals surface area contributed by atoms with Crippen LogP contribution in [0, 0.1) is 11.8 Å². The van der Waals surface area contributed by atoms with Crippen LogP contribution in [-0.2, 0) is 11.3 Å². The number of carbonyl (C=O) groups is 1. The first-order valence-corrected chi connectivity index (χ1v) is 7.08. The molecule has 0 spiro atoms. The Morgan fingerprint density at radius 1 is 1.25 bits per heavy atom. The fourth-order valence-corrected chi connectivity index (χ4v) is 1.75. The quantitative estimate of drug-likeness (QED) is 0.736. The van der Waals surface area contributed by atoms with Gasteiger partial charge in [-0.15, -0.1) is 0 Å². The van der Waals surface area contributed by atoms with Gasteiger partial charge in [0, 0.05) is 31.8 Å². The van der Waals surface area contributed by atoms with E-state index >= 15 is 0 Å². The molecule has 1 aromatic rings. The van der Waals surface area contributed by atoms with Gasteiger partial charge in [0.2, 0.25) is 0 Å². The lowest BCUT2D eigenvalue weighted by Gasteiger charge is -2.04. The Hall–Kier alpha value is -1.79. The lowest BCUT2D eigenvalue weighted by atomic mass is 10.1. The fraction of sp³-hybridized carbons (Fsp3) is 0.471. The van der Waals surface area contributed by atoms with Gasteiger partial charge in [0.05, 0.1) is 0 Å². The van der Waals surface area contributed by atoms with E-state index in [9.17, 15) is 4.79 Å². The number of rotatable bonds is 1. The minimum atomic E-state index is 0.0893. The average Bonchev–Trinajstić information content (AvgIpc) is 2.78. The second-order valence-corrected chi connectivity index (χ2v) is 3.77. The predicted octanol–water partition coefficient (Wildman–Crippen LogP) is 3.32. The Morgan fingerprint density at radius 2 is 1.90 bits per heavy atom. The number of benzene rings is 1. The lowest BCUT2D eigenvalue weighted by Crippen LogP contribution is -2.17. The van der Waals surface area contributed by atoms with E-state index in [1.54, 1.807) is 19.1 Å². The molecular weight excluding hydrogens is 250 g/mol. The molecule has 20 heavy (non-hydrogen) atoms. The highest BCUT2D eigenvalue weighted by atomic mass is 16.5. The standard InChI is InChI=1S/C13H13NO2.2C2H6/c1-14-9-11-8-10(4-3-7-16-2)5-6-12(11)13(14)15;2*1-2/h5-6,8H,7,9H2,1-2H3;2*1-2H3. The zero-order valence-corrected chi connectivity index (χ0v) is 13.4. The van der Waals surface area contributed by atoms with Gasteiger partial charge >= 0.3 is 0 Å². The number of hydrogen-bond donors (Lipinski definition) is 0. The number of hydrogen-bond acceptors (Lipinski definition) is 2. The Kier molecular flexibility index (Phi) is 9.15. The van der Waals surface area contributed by atoms with E-state index in [4.69, 9.17) is 4.74 Å². The Labute approximate surface area is 122 Å². The number of nitrogens with zero attached hydrogens (tertiary/aromatic N) is 1. The van der Waals surface area contributed by atoms with Crippen molar-refractivity contribution in [3.05, 3.63) is 34.9 Å². The summed E-state index contributed by atoms with van der Waals surface area (Å²) < 4.78 is 4.85. The van der Waals surface area contributed by atoms with E-state index in [0.717, 1.165) is 16.7 Å². The molecule has 0 bridgehead atoms. The van der Waals surface area contributed by atoms with Gasteiger partial charge in [-0.25, -0.2) is 0 Å². The van der Waals surface area contributed by atoms with E-state index in [1.807, 2.05) is 45.9 Å². The minimum Gasteiger partial charge on any atom is -0.372 e. The SMILES string of the molecule is CC.CC.COCC#Cc1ccc2c(c1)CN(C)C2=O. The van der Waals surface area contributed by atoms with Crippen molar-refractivity contribution in [3.8, 4) is 11.8 Å². The summed E-state index contributed by atoms with van der Waals surface area (Å²) in [6.45, 7) is 9.10. The first kappa shape index (κ1) is 18.2. The molecule has 1 aliphatic heterocycles. The van der Waals surface area contributed by atoms with Gasteiger partial charge < -0.3 is 9.64 Å². The van der Waals surface area contributed by atoms with Crippen molar-refractivity contribution < 1.29 is 9.53 Å². The summed E-state index contributed by atoms with van der Waals surface area (Å²) in [6.07, 6.45) is 0. The molecule has 1 amide bonds. The van der Waals surface area contributed by atoms with Gasteiger partial charge in [-0.05, 0) is 23.8 Å². The van der Waals surface area contributed by atoms with E-state index in [1.165, 1.54) is 0 Å². The Balaban J connectivity index is 0.000000829. The largest absolute Gasteiger partial charge is 0.372 e. The maximum atomic E-state index is 11.6. The van der Waals surface area contributed by atoms with Crippen LogP contribution in [0.15, 0.2) is 18.2 Å². The molecule has 0 atom stereocenters. The summed E-state index contributed by atoms with van der Waals surface area (Å²) in [7, 11) is 3.42. The van der Waals surface area contributed by atoms with Gasteiger partial charge in [0.25, 0.3) is 5.91 Å². The van der Waals surface area contributed by atoms with Crippen LogP contribution in [0.5, 0.6) is 0 Å². The molecule has 0 aliphatic carbocycles. The Morgan fingerprint density at radius 3 is 2.50 bits per heavy atom. The van der Waals surface area contributed by atoms with Crippen LogP contribution in [0.3, 0.4) is 0 Å². The molecule has 0 N–H and O–H groups in total. The molecular formula is C17H25NO2. The molecule has 0 unspecified atom stereocenters. The topological polar surface area (TPSA) is 29.5 Å². The molecule has 2 rings (SSSR count). The first-order chi connectivity index (χ1) is 9.72. The maximum Gasteiger partial charge on any atom is 0.254 e. The van der Waals surface area contributed by atoms with Crippen molar-refractivity contribution in [2.45, 2.75) is 34.2 Å². The smallest absolute Gasteiger partial charge is 0.254 e. The molecule has 3 nitrogen and oxygen atoms in total. The second kappa shape index (κ2) is 10.1. The van der Waals surface area contributed by atoms with Gasteiger partial charge in [-0.1, -0.05) is 39.5 Å². The molecule has 0 aromatic heterocycles. The first-order valence-electron chi connectivity index (χ1n) is 7.08. The molecule has 1 aliphatic rings. The second-order valence-electron chi connectivity index (χ2n) is 3.77. The molecule has 1 aromatic carbocycles. The van der Waals surface area contributed by atoms with Crippen LogP contribution in [-0.4, -0.2) is 31.6 Å².